The van der Waals surface area contributed by atoms with E-state index in [-0.39, 0.29) is 15.8 Å². The summed E-state index contributed by atoms with van der Waals surface area (Å²) in [5.74, 6) is 0. The smallest absolute Gasteiger partial charge is 0.101 e. The number of nitrogens with one attached hydrogen (secondary N) is 1. The lowest BCUT2D eigenvalue weighted by atomic mass is 10.1. The van der Waals surface area contributed by atoms with Crippen LogP contribution in [0.4, 0.5) is 5.69 Å². The first-order valence-corrected chi connectivity index (χ1v) is 6.36. The quantitative estimate of drug-likeness (QED) is 0.678. The van der Waals surface area contributed by atoms with Crippen molar-refractivity contribution in [3.05, 3.63) is 50.5 Å². The molecule has 0 fully saturated rings. The molecule has 0 amide bonds. The Hall–Kier alpha value is -0.800. The second-order valence-corrected chi connectivity index (χ2v) is 5.10. The first-order chi connectivity index (χ1) is 8.49. The van der Waals surface area contributed by atoms with Crippen LogP contribution in [-0.4, -0.2) is 11.4 Å². The van der Waals surface area contributed by atoms with Gasteiger partial charge in [0.05, 0.1) is 31.5 Å². The van der Waals surface area contributed by atoms with Gasteiger partial charge in [0, 0.05) is 0 Å². The minimum absolute atomic E-state index is 0.0718. The molecule has 92 valence electrons. The normalized spacial score (nSPS) is 15.3. The highest BCUT2D eigenvalue weighted by molar-refractivity contribution is 6.58. The van der Waals surface area contributed by atoms with Crippen LogP contribution in [0.1, 0.15) is 0 Å². The second-order valence-electron chi connectivity index (χ2n) is 3.47. The van der Waals surface area contributed by atoms with Crippen molar-refractivity contribution in [2.45, 2.75) is 0 Å². The number of aliphatic imine (C=N–C) groups is 1. The molecule has 1 aromatic carbocycles. The fourth-order valence-electron chi connectivity index (χ4n) is 1.35. The lowest BCUT2D eigenvalue weighted by Crippen LogP contribution is -2.06. The summed E-state index contributed by atoms with van der Waals surface area (Å²) in [6.07, 6.45) is 3.07. The van der Waals surface area contributed by atoms with Crippen molar-refractivity contribution in [3.63, 3.8) is 0 Å². The highest BCUT2D eigenvalue weighted by Gasteiger charge is 2.14. The zero-order valence-electron chi connectivity index (χ0n) is 8.85. The maximum Gasteiger partial charge on any atom is 0.101 e. The molecule has 0 aromatic heterocycles. The van der Waals surface area contributed by atoms with E-state index in [0.717, 1.165) is 0 Å². The molecule has 6 heteroatoms. The van der Waals surface area contributed by atoms with Gasteiger partial charge in [0.2, 0.25) is 0 Å². The highest BCUT2D eigenvalue weighted by atomic mass is 35.5. The lowest BCUT2D eigenvalue weighted by Gasteiger charge is -2.09. The Bertz CT molecular complexity index is 570. The van der Waals surface area contributed by atoms with Crippen LogP contribution in [0.25, 0.3) is 0 Å². The van der Waals surface area contributed by atoms with Crippen molar-refractivity contribution in [2.75, 3.05) is 0 Å². The van der Waals surface area contributed by atoms with Crippen molar-refractivity contribution in [1.29, 1.82) is 5.41 Å². The van der Waals surface area contributed by atoms with Crippen LogP contribution in [0.2, 0.25) is 10.0 Å². The molecule has 0 saturated heterocycles. The fraction of sp³-hybridized carbons (Fsp3) is 0. The molecule has 0 aliphatic heterocycles. The van der Waals surface area contributed by atoms with Crippen LogP contribution in [0.3, 0.4) is 0 Å². The Morgan fingerprint density at radius 2 is 1.39 bits per heavy atom. The Kier molecular flexibility index (Phi) is 4.13. The molecule has 0 bridgehead atoms. The summed E-state index contributed by atoms with van der Waals surface area (Å²) in [5, 5.41) is 8.87. The van der Waals surface area contributed by atoms with Crippen molar-refractivity contribution < 1.29 is 0 Å². The predicted molar refractivity (Wildman–Crippen MR) is 79.2 cm³/mol. The number of nitrogens with zero attached hydrogens (tertiary/aromatic N) is 1. The number of hydrogen-bond donors (Lipinski definition) is 1. The van der Waals surface area contributed by atoms with Gasteiger partial charge in [-0.3, -0.25) is 5.41 Å². The fourth-order valence-corrected chi connectivity index (χ4v) is 2.31. The summed E-state index contributed by atoms with van der Waals surface area (Å²) in [6.45, 7) is 0. The Labute approximate surface area is 124 Å². The summed E-state index contributed by atoms with van der Waals surface area (Å²) >= 11 is 23.8. The number of hydrogen-bond acceptors (Lipinski definition) is 2. The van der Waals surface area contributed by atoms with E-state index in [1.165, 1.54) is 12.2 Å². The number of rotatable bonds is 1. The summed E-state index contributed by atoms with van der Waals surface area (Å²) in [5.41, 5.74) is 1.02. The summed E-state index contributed by atoms with van der Waals surface area (Å²) in [4.78, 5) is 4.29. The van der Waals surface area contributed by atoms with E-state index in [9.17, 15) is 0 Å². The number of benzene rings is 1. The van der Waals surface area contributed by atoms with Crippen LogP contribution in [0, 0.1) is 5.41 Å². The SMILES string of the molecule is N=C1C(Cl)=CC(=Nc2c(Cl)cccc2Cl)C=C1Cl. The first-order valence-electron chi connectivity index (χ1n) is 4.85. The van der Waals surface area contributed by atoms with E-state index in [0.29, 0.717) is 21.4 Å². The predicted octanol–water partition coefficient (Wildman–Crippen LogP) is 5.34. The summed E-state index contributed by atoms with van der Waals surface area (Å²) in [7, 11) is 0. The van der Waals surface area contributed by atoms with Gasteiger partial charge in [0.15, 0.2) is 0 Å². The molecular formula is C12H6Cl4N2. The van der Waals surface area contributed by atoms with E-state index >= 15 is 0 Å². The molecule has 0 atom stereocenters. The molecular weight excluding hydrogens is 314 g/mol. The molecule has 0 heterocycles. The standard InChI is InChI=1S/C12H6Cl4N2/c13-7-2-1-3-8(14)12(7)18-6-4-9(15)11(17)10(16)5-6/h1-5,17H. The monoisotopic (exact) mass is 318 g/mol. The van der Waals surface area contributed by atoms with Gasteiger partial charge in [-0.15, -0.1) is 0 Å². The third kappa shape index (κ3) is 2.78. The third-order valence-corrected chi connectivity index (χ3v) is 3.41. The molecule has 0 saturated carbocycles. The molecule has 0 spiro atoms. The lowest BCUT2D eigenvalue weighted by molar-refractivity contribution is 1.49. The minimum Gasteiger partial charge on any atom is -0.298 e. The molecule has 1 N–H and O–H groups in total. The molecule has 0 radical (unpaired) electrons. The number of allylic oxidation sites excluding steroid dienone is 4. The molecule has 1 aromatic rings. The van der Waals surface area contributed by atoms with Crippen LogP contribution < -0.4 is 0 Å². The van der Waals surface area contributed by atoms with E-state index in [1.807, 2.05) is 0 Å². The van der Waals surface area contributed by atoms with Crippen LogP contribution >= 0.6 is 46.4 Å². The van der Waals surface area contributed by atoms with E-state index in [1.54, 1.807) is 18.2 Å². The van der Waals surface area contributed by atoms with Crippen LogP contribution in [0.5, 0.6) is 0 Å². The summed E-state index contributed by atoms with van der Waals surface area (Å²) < 4.78 is 0. The van der Waals surface area contributed by atoms with E-state index in [2.05, 4.69) is 4.99 Å². The van der Waals surface area contributed by atoms with Crippen LogP contribution in [0.15, 0.2) is 45.4 Å². The van der Waals surface area contributed by atoms with Crippen LogP contribution in [-0.2, 0) is 0 Å². The summed E-state index contributed by atoms with van der Waals surface area (Å²) in [6, 6.07) is 5.11. The van der Waals surface area contributed by atoms with E-state index < -0.39 is 0 Å². The molecule has 18 heavy (non-hydrogen) atoms. The van der Waals surface area contributed by atoms with Gasteiger partial charge in [-0.25, -0.2) is 4.99 Å². The highest BCUT2D eigenvalue weighted by Crippen LogP contribution is 2.33. The van der Waals surface area contributed by atoms with Crippen molar-refractivity contribution in [1.82, 2.24) is 0 Å². The molecule has 1 aliphatic rings. The van der Waals surface area contributed by atoms with Gasteiger partial charge in [0.25, 0.3) is 0 Å². The second kappa shape index (κ2) is 5.45. The minimum atomic E-state index is 0.0718. The Morgan fingerprint density at radius 1 is 0.889 bits per heavy atom. The van der Waals surface area contributed by atoms with Gasteiger partial charge in [-0.2, -0.15) is 0 Å². The number of halogens is 4. The van der Waals surface area contributed by atoms with Crippen molar-refractivity contribution >= 4 is 63.5 Å². The molecule has 0 unspecified atom stereocenters. The Morgan fingerprint density at radius 3 is 1.89 bits per heavy atom. The first kappa shape index (κ1) is 13.6. The third-order valence-electron chi connectivity index (χ3n) is 2.21. The Balaban J connectivity index is 2.50. The average molecular weight is 320 g/mol. The zero-order valence-corrected chi connectivity index (χ0v) is 11.9. The van der Waals surface area contributed by atoms with Crippen molar-refractivity contribution in [2.24, 2.45) is 4.99 Å². The number of para-hydroxylation sites is 1. The maximum atomic E-state index is 7.55. The average Bonchev–Trinajstić information content (AvgIpc) is 2.31. The van der Waals surface area contributed by atoms with Gasteiger partial charge in [0.1, 0.15) is 5.69 Å². The molecule has 2 nitrogen and oxygen atoms in total. The van der Waals surface area contributed by atoms with Gasteiger partial charge in [-0.1, -0.05) is 52.5 Å². The molecule has 2 rings (SSSR count). The van der Waals surface area contributed by atoms with E-state index in [4.69, 9.17) is 51.8 Å². The van der Waals surface area contributed by atoms with Gasteiger partial charge >= 0.3 is 0 Å². The largest absolute Gasteiger partial charge is 0.298 e. The zero-order chi connectivity index (χ0) is 13.3. The van der Waals surface area contributed by atoms with Gasteiger partial charge < -0.3 is 0 Å². The maximum absolute atomic E-state index is 7.55. The van der Waals surface area contributed by atoms with Crippen molar-refractivity contribution in [3.8, 4) is 0 Å². The molecule has 1 aliphatic carbocycles. The van der Waals surface area contributed by atoms with Gasteiger partial charge in [-0.05, 0) is 24.3 Å². The topological polar surface area (TPSA) is 36.2 Å².